The first-order valence-electron chi connectivity index (χ1n) is 6.11. The van der Waals surface area contributed by atoms with Crippen LogP contribution >= 0.6 is 0 Å². The zero-order valence-electron chi connectivity index (χ0n) is 11.2. The smallest absolute Gasteiger partial charge is 0.146 e. The van der Waals surface area contributed by atoms with Gasteiger partial charge < -0.3 is 19.7 Å². The van der Waals surface area contributed by atoms with Crippen LogP contribution in [0.4, 0.5) is 0 Å². The third-order valence-electron chi connectivity index (χ3n) is 2.63. The highest BCUT2D eigenvalue weighted by atomic mass is 16.7. The second kappa shape index (κ2) is 10.7. The molecule has 0 aliphatic heterocycles. The topological polar surface area (TPSA) is 58.9 Å². The van der Waals surface area contributed by atoms with Crippen molar-refractivity contribution < 1.29 is 19.7 Å². The maximum Gasteiger partial charge on any atom is 0.146 e. The van der Waals surface area contributed by atoms with Crippen molar-refractivity contribution >= 4 is 0 Å². The molecule has 0 amide bonds. The van der Waals surface area contributed by atoms with Gasteiger partial charge in [-0.2, -0.15) is 0 Å². The zero-order valence-corrected chi connectivity index (χ0v) is 11.2. The Labute approximate surface area is 104 Å². The molecule has 0 bridgehead atoms. The lowest BCUT2D eigenvalue weighted by atomic mass is 9.96. The third kappa shape index (κ3) is 10.5. The number of aliphatic hydroxyl groups excluding tert-OH is 2. The summed E-state index contributed by atoms with van der Waals surface area (Å²) in [6, 6.07) is 0. The van der Waals surface area contributed by atoms with Crippen molar-refractivity contribution in [1.29, 1.82) is 0 Å². The minimum absolute atomic E-state index is 0.0406. The highest BCUT2D eigenvalue weighted by Gasteiger charge is 2.10. The van der Waals surface area contributed by atoms with Crippen molar-refractivity contribution in [3.63, 3.8) is 0 Å². The third-order valence-corrected chi connectivity index (χ3v) is 2.63. The van der Waals surface area contributed by atoms with E-state index in [1.54, 1.807) is 13.2 Å². The lowest BCUT2D eigenvalue weighted by Gasteiger charge is -2.16. The van der Waals surface area contributed by atoms with Crippen LogP contribution in [0.15, 0.2) is 11.6 Å². The van der Waals surface area contributed by atoms with Crippen LogP contribution < -0.4 is 0 Å². The molecule has 4 heteroatoms. The van der Waals surface area contributed by atoms with Gasteiger partial charge in [-0.25, -0.2) is 0 Å². The first-order chi connectivity index (χ1) is 8.10. The fourth-order valence-corrected chi connectivity index (χ4v) is 1.70. The molecule has 0 heterocycles. The van der Waals surface area contributed by atoms with Gasteiger partial charge >= 0.3 is 0 Å². The van der Waals surface area contributed by atoms with Crippen LogP contribution in [0.1, 0.15) is 33.1 Å². The molecule has 0 rings (SSSR count). The summed E-state index contributed by atoms with van der Waals surface area (Å²) >= 11 is 0. The van der Waals surface area contributed by atoms with E-state index in [0.29, 0.717) is 25.7 Å². The molecule has 4 nitrogen and oxygen atoms in total. The summed E-state index contributed by atoms with van der Waals surface area (Å²) in [6.07, 6.45) is 3.70. The normalized spacial score (nSPS) is 15.9. The van der Waals surface area contributed by atoms with Crippen LogP contribution in [-0.4, -0.2) is 43.4 Å². The molecular formula is C13H26O4. The van der Waals surface area contributed by atoms with Crippen molar-refractivity contribution in [3.05, 3.63) is 11.6 Å². The summed E-state index contributed by atoms with van der Waals surface area (Å²) in [5, 5.41) is 18.5. The van der Waals surface area contributed by atoms with Gasteiger partial charge in [0.2, 0.25) is 0 Å². The summed E-state index contributed by atoms with van der Waals surface area (Å²) in [4.78, 5) is 0. The summed E-state index contributed by atoms with van der Waals surface area (Å²) < 4.78 is 9.99. The lowest BCUT2D eigenvalue weighted by molar-refractivity contribution is -0.0351. The van der Waals surface area contributed by atoms with E-state index in [-0.39, 0.29) is 12.7 Å². The molecule has 2 atom stereocenters. The van der Waals surface area contributed by atoms with Crippen LogP contribution in [0, 0.1) is 5.92 Å². The Morgan fingerprint density at radius 2 is 2.12 bits per heavy atom. The Morgan fingerprint density at radius 1 is 1.41 bits per heavy atom. The molecule has 0 radical (unpaired) electrons. The monoisotopic (exact) mass is 246 g/mol. The fourth-order valence-electron chi connectivity index (χ4n) is 1.70. The molecule has 17 heavy (non-hydrogen) atoms. The predicted molar refractivity (Wildman–Crippen MR) is 67.7 cm³/mol. The summed E-state index contributed by atoms with van der Waals surface area (Å²) in [7, 11) is 1.60. The Bertz CT molecular complexity index is 204. The molecule has 2 N–H and O–H groups in total. The van der Waals surface area contributed by atoms with Gasteiger partial charge in [-0.3, -0.25) is 0 Å². The first kappa shape index (κ1) is 16.6. The zero-order chi connectivity index (χ0) is 13.1. The Morgan fingerprint density at radius 3 is 2.71 bits per heavy atom. The predicted octanol–water partition coefficient (Wildman–Crippen LogP) is 1.71. The van der Waals surface area contributed by atoms with Gasteiger partial charge in [0.25, 0.3) is 0 Å². The highest BCUT2D eigenvalue weighted by molar-refractivity contribution is 4.99. The average Bonchev–Trinajstić information content (AvgIpc) is 2.24. The van der Waals surface area contributed by atoms with Gasteiger partial charge in [0, 0.05) is 13.7 Å². The fraction of sp³-hybridized carbons (Fsp3) is 0.846. The van der Waals surface area contributed by atoms with E-state index in [0.717, 1.165) is 18.4 Å². The van der Waals surface area contributed by atoms with E-state index < -0.39 is 0 Å². The average molecular weight is 246 g/mol. The maximum absolute atomic E-state index is 9.83. The van der Waals surface area contributed by atoms with Crippen LogP contribution in [0.25, 0.3) is 0 Å². The van der Waals surface area contributed by atoms with E-state index in [1.807, 2.05) is 6.92 Å². The molecule has 0 aromatic heterocycles. The van der Waals surface area contributed by atoms with Crippen LogP contribution in [0.3, 0.4) is 0 Å². The van der Waals surface area contributed by atoms with Gasteiger partial charge in [-0.1, -0.05) is 18.6 Å². The molecule has 0 saturated carbocycles. The summed E-state index contributed by atoms with van der Waals surface area (Å²) in [6.45, 7) is 5.05. The lowest BCUT2D eigenvalue weighted by Crippen LogP contribution is -2.14. The largest absolute Gasteiger partial charge is 0.393 e. The number of ether oxygens (including phenoxy) is 2. The minimum atomic E-state index is -0.338. The van der Waals surface area contributed by atoms with Gasteiger partial charge in [-0.05, 0) is 32.1 Å². The van der Waals surface area contributed by atoms with Gasteiger partial charge in [0.05, 0.1) is 12.7 Å². The highest BCUT2D eigenvalue weighted by Crippen LogP contribution is 2.15. The minimum Gasteiger partial charge on any atom is -0.393 e. The molecule has 0 aromatic carbocycles. The quantitative estimate of drug-likeness (QED) is 0.350. The van der Waals surface area contributed by atoms with E-state index in [1.165, 1.54) is 0 Å². The number of aliphatic hydroxyl groups is 2. The van der Waals surface area contributed by atoms with Crippen molar-refractivity contribution in [1.82, 2.24) is 0 Å². The van der Waals surface area contributed by atoms with E-state index in [9.17, 15) is 5.11 Å². The summed E-state index contributed by atoms with van der Waals surface area (Å²) in [5.41, 5.74) is 1.03. The molecule has 0 spiro atoms. The molecule has 0 aliphatic rings. The van der Waals surface area contributed by atoms with Crippen molar-refractivity contribution in [2.24, 2.45) is 5.92 Å². The Hall–Kier alpha value is -0.420. The maximum atomic E-state index is 9.83. The molecule has 0 aromatic rings. The van der Waals surface area contributed by atoms with Crippen molar-refractivity contribution in [3.8, 4) is 0 Å². The SMILES string of the molecule is COCOCC[C@H](C)CC(O)C/C(C)=C\CO. The van der Waals surface area contributed by atoms with Crippen LogP contribution in [0.2, 0.25) is 0 Å². The molecular weight excluding hydrogens is 220 g/mol. The second-order valence-corrected chi connectivity index (χ2v) is 4.54. The molecule has 102 valence electrons. The molecule has 0 aliphatic carbocycles. The Kier molecular flexibility index (Phi) is 10.5. The second-order valence-electron chi connectivity index (χ2n) is 4.54. The van der Waals surface area contributed by atoms with E-state index in [2.05, 4.69) is 6.92 Å². The van der Waals surface area contributed by atoms with E-state index in [4.69, 9.17) is 14.6 Å². The van der Waals surface area contributed by atoms with Gasteiger partial charge in [0.1, 0.15) is 6.79 Å². The van der Waals surface area contributed by atoms with Crippen LogP contribution in [0.5, 0.6) is 0 Å². The van der Waals surface area contributed by atoms with E-state index >= 15 is 0 Å². The summed E-state index contributed by atoms with van der Waals surface area (Å²) in [5.74, 6) is 0.420. The van der Waals surface area contributed by atoms with Gasteiger partial charge in [-0.15, -0.1) is 0 Å². The van der Waals surface area contributed by atoms with Crippen molar-refractivity contribution in [2.45, 2.75) is 39.2 Å². The number of hydrogen-bond acceptors (Lipinski definition) is 4. The van der Waals surface area contributed by atoms with Gasteiger partial charge in [0.15, 0.2) is 0 Å². The number of hydrogen-bond donors (Lipinski definition) is 2. The number of methoxy groups -OCH3 is 1. The molecule has 0 fully saturated rings. The number of rotatable bonds is 10. The standard InChI is InChI=1S/C13H26O4/c1-11(4-6-14)8-13(15)9-12(2)5-7-17-10-16-3/h4,12-15H,5-10H2,1-3H3/b11-4-/t12-,13?/m0/s1. The molecule has 0 saturated heterocycles. The Balaban J connectivity index is 3.65. The molecule has 1 unspecified atom stereocenters. The first-order valence-corrected chi connectivity index (χ1v) is 6.11. The van der Waals surface area contributed by atoms with Crippen molar-refractivity contribution in [2.75, 3.05) is 27.1 Å². The van der Waals surface area contributed by atoms with Crippen LogP contribution in [-0.2, 0) is 9.47 Å².